The van der Waals surface area contributed by atoms with Crippen LogP contribution in [0.3, 0.4) is 0 Å². The van der Waals surface area contributed by atoms with E-state index in [0.29, 0.717) is 12.4 Å². The molecule has 0 saturated carbocycles. The number of hydrogen-bond donors (Lipinski definition) is 0. The maximum atomic E-state index is 10.5. The minimum atomic E-state index is -0.470. The number of imidazole rings is 1. The van der Waals surface area contributed by atoms with E-state index in [9.17, 15) is 10.1 Å². The summed E-state index contributed by atoms with van der Waals surface area (Å²) in [4.78, 5) is 13.9. The zero-order chi connectivity index (χ0) is 9.84. The first kappa shape index (κ1) is 9.73. The maximum absolute atomic E-state index is 10.5. The van der Waals surface area contributed by atoms with Crippen molar-refractivity contribution in [2.75, 3.05) is 0 Å². The van der Waals surface area contributed by atoms with Crippen LogP contribution in [0.1, 0.15) is 5.82 Å². The van der Waals surface area contributed by atoms with E-state index in [0.717, 1.165) is 0 Å². The van der Waals surface area contributed by atoms with Crippen LogP contribution in [0.25, 0.3) is 0 Å². The van der Waals surface area contributed by atoms with Gasteiger partial charge >= 0.3 is 5.82 Å². The molecule has 5 nitrogen and oxygen atoms in total. The topological polar surface area (TPSA) is 61.0 Å². The fourth-order valence-electron chi connectivity index (χ4n) is 0.973. The molecule has 70 valence electrons. The molecule has 0 aliphatic carbocycles. The number of halogens is 1. The lowest BCUT2D eigenvalue weighted by molar-refractivity contribution is -0.392. The maximum Gasteiger partial charge on any atom is 0.343 e. The van der Waals surface area contributed by atoms with Crippen LogP contribution in [0.5, 0.6) is 0 Å². The summed E-state index contributed by atoms with van der Waals surface area (Å²) in [7, 11) is 0. The zero-order valence-electron chi connectivity index (χ0n) is 6.98. The van der Waals surface area contributed by atoms with Gasteiger partial charge in [0.15, 0.2) is 5.82 Å². The van der Waals surface area contributed by atoms with Gasteiger partial charge in [0.1, 0.15) is 12.7 Å². The molecular weight excluding hydrogens is 194 g/mol. The molecule has 1 aromatic heterocycles. The van der Waals surface area contributed by atoms with E-state index in [4.69, 9.17) is 11.6 Å². The first-order valence-electron chi connectivity index (χ1n) is 3.58. The number of aromatic nitrogens is 2. The summed E-state index contributed by atoms with van der Waals surface area (Å²) in [6, 6.07) is 0. The van der Waals surface area contributed by atoms with Crippen LogP contribution < -0.4 is 0 Å². The molecule has 0 saturated heterocycles. The highest BCUT2D eigenvalue weighted by Gasteiger charge is 2.15. The minimum Gasteiger partial charge on any atom is -0.358 e. The molecule has 1 aromatic rings. The van der Waals surface area contributed by atoms with Crippen molar-refractivity contribution >= 4 is 17.4 Å². The van der Waals surface area contributed by atoms with E-state index in [1.807, 2.05) is 0 Å². The van der Waals surface area contributed by atoms with Crippen LogP contribution in [-0.4, -0.2) is 14.5 Å². The van der Waals surface area contributed by atoms with Crippen molar-refractivity contribution in [3.05, 3.63) is 33.7 Å². The first-order chi connectivity index (χ1) is 6.16. The Labute approximate surface area is 79.8 Å². The van der Waals surface area contributed by atoms with Crippen LogP contribution >= 0.6 is 11.6 Å². The summed E-state index contributed by atoms with van der Waals surface area (Å²) in [6.07, 6.45) is 2.85. The molecule has 0 radical (unpaired) electrons. The van der Waals surface area contributed by atoms with Gasteiger partial charge in [0, 0.05) is 12.5 Å². The Morgan fingerprint density at radius 3 is 3.08 bits per heavy atom. The normalized spacial score (nSPS) is 10.9. The van der Waals surface area contributed by atoms with Crippen molar-refractivity contribution in [3.63, 3.8) is 0 Å². The van der Waals surface area contributed by atoms with E-state index in [1.165, 1.54) is 16.3 Å². The molecule has 1 heterocycles. The minimum absolute atomic E-state index is 0.0210. The smallest absolute Gasteiger partial charge is 0.343 e. The number of allylic oxidation sites excluding steroid dienone is 1. The zero-order valence-corrected chi connectivity index (χ0v) is 7.73. The van der Waals surface area contributed by atoms with E-state index < -0.39 is 4.92 Å². The molecule has 0 bridgehead atoms. The van der Waals surface area contributed by atoms with Crippen LogP contribution in [0.2, 0.25) is 0 Å². The van der Waals surface area contributed by atoms with E-state index in [1.54, 1.807) is 13.0 Å². The lowest BCUT2D eigenvalue weighted by atomic mass is 10.5. The fraction of sp³-hybridized carbons (Fsp3) is 0.286. The molecule has 0 aliphatic rings. The number of hydrogen-bond acceptors (Lipinski definition) is 3. The predicted octanol–water partition coefficient (Wildman–Crippen LogP) is 1.85. The molecule has 13 heavy (non-hydrogen) atoms. The second-order valence-corrected chi connectivity index (χ2v) is 2.64. The molecule has 0 spiro atoms. The first-order valence-corrected chi connectivity index (χ1v) is 4.02. The van der Waals surface area contributed by atoms with Crippen LogP contribution in [0.4, 0.5) is 5.82 Å². The monoisotopic (exact) mass is 201 g/mol. The Morgan fingerprint density at radius 2 is 2.54 bits per heavy atom. The number of nitrogens with zero attached hydrogens (tertiary/aromatic N) is 3. The van der Waals surface area contributed by atoms with Crippen LogP contribution in [0, 0.1) is 17.0 Å². The third-order valence-corrected chi connectivity index (χ3v) is 1.78. The molecule has 0 aliphatic heterocycles. The van der Waals surface area contributed by atoms with Gasteiger partial charge in [-0.3, -0.25) is 0 Å². The van der Waals surface area contributed by atoms with Gasteiger partial charge in [-0.2, -0.15) is 0 Å². The van der Waals surface area contributed by atoms with Gasteiger partial charge in [-0.15, -0.1) is 0 Å². The average molecular weight is 202 g/mol. The molecule has 0 N–H and O–H groups in total. The average Bonchev–Trinajstić information content (AvgIpc) is 2.43. The highest BCUT2D eigenvalue weighted by Crippen LogP contribution is 2.13. The molecule has 6 heteroatoms. The summed E-state index contributed by atoms with van der Waals surface area (Å²) in [5.74, 6) is 0.578. The molecular formula is C7H8ClN3O2. The SMILES string of the molecule is Cc1ncc([N+](=O)[O-])n1CC=CCl. The van der Waals surface area contributed by atoms with Crippen molar-refractivity contribution in [3.8, 4) is 0 Å². The Balaban J connectivity index is 3.01. The van der Waals surface area contributed by atoms with Crippen LogP contribution in [0.15, 0.2) is 17.8 Å². The van der Waals surface area contributed by atoms with Gasteiger partial charge < -0.3 is 10.1 Å². The van der Waals surface area contributed by atoms with Gasteiger partial charge in [-0.05, 0) is 11.0 Å². The second kappa shape index (κ2) is 4.04. The Hall–Kier alpha value is -1.36. The molecule has 0 amide bonds. The number of nitro groups is 1. The van der Waals surface area contributed by atoms with E-state index in [2.05, 4.69) is 4.98 Å². The van der Waals surface area contributed by atoms with Crippen molar-refractivity contribution in [1.82, 2.24) is 9.55 Å². The summed E-state index contributed by atoms with van der Waals surface area (Å²) < 4.78 is 1.47. The quantitative estimate of drug-likeness (QED) is 0.554. The van der Waals surface area contributed by atoms with Gasteiger partial charge in [0.25, 0.3) is 0 Å². The number of rotatable bonds is 3. The van der Waals surface area contributed by atoms with Gasteiger partial charge in [-0.1, -0.05) is 11.6 Å². The number of aryl methyl sites for hydroxylation is 1. The summed E-state index contributed by atoms with van der Waals surface area (Å²) in [5.41, 5.74) is 1.32. The summed E-state index contributed by atoms with van der Waals surface area (Å²) in [6.45, 7) is 2.07. The van der Waals surface area contributed by atoms with E-state index in [-0.39, 0.29) is 5.82 Å². The fourth-order valence-corrected chi connectivity index (χ4v) is 1.05. The molecule has 0 unspecified atom stereocenters. The third kappa shape index (κ3) is 2.06. The van der Waals surface area contributed by atoms with Crippen molar-refractivity contribution in [2.24, 2.45) is 0 Å². The highest BCUT2D eigenvalue weighted by atomic mass is 35.5. The predicted molar refractivity (Wildman–Crippen MR) is 48.6 cm³/mol. The largest absolute Gasteiger partial charge is 0.358 e. The lowest BCUT2D eigenvalue weighted by Gasteiger charge is -1.97. The molecule has 0 atom stereocenters. The summed E-state index contributed by atoms with van der Waals surface area (Å²) >= 11 is 5.32. The van der Waals surface area contributed by atoms with Gasteiger partial charge in [-0.25, -0.2) is 9.55 Å². The highest BCUT2D eigenvalue weighted by molar-refractivity contribution is 6.25. The Morgan fingerprint density at radius 1 is 1.85 bits per heavy atom. The van der Waals surface area contributed by atoms with Gasteiger partial charge in [0.05, 0.1) is 0 Å². The third-order valence-electron chi connectivity index (χ3n) is 1.60. The van der Waals surface area contributed by atoms with Gasteiger partial charge in [0.2, 0.25) is 0 Å². The Kier molecular flexibility index (Phi) is 3.02. The Bertz CT molecular complexity index is 346. The second-order valence-electron chi connectivity index (χ2n) is 2.39. The molecule has 1 rings (SSSR count). The van der Waals surface area contributed by atoms with Crippen LogP contribution in [-0.2, 0) is 6.54 Å². The lowest BCUT2D eigenvalue weighted by Crippen LogP contribution is -2.03. The van der Waals surface area contributed by atoms with Crippen molar-refractivity contribution < 1.29 is 4.92 Å². The summed E-state index contributed by atoms with van der Waals surface area (Å²) in [5, 5.41) is 10.5. The van der Waals surface area contributed by atoms with Crippen molar-refractivity contribution in [2.45, 2.75) is 13.5 Å². The van der Waals surface area contributed by atoms with E-state index >= 15 is 0 Å². The standard InChI is InChI=1S/C7H8ClN3O2/c1-6-9-5-7(11(12)13)10(6)4-2-3-8/h2-3,5H,4H2,1H3. The molecule has 0 fully saturated rings. The molecule has 0 aromatic carbocycles. The van der Waals surface area contributed by atoms with Crippen molar-refractivity contribution in [1.29, 1.82) is 0 Å².